The zero-order valence-electron chi connectivity index (χ0n) is 15.7. The number of sulfone groups is 1. The first-order chi connectivity index (χ1) is 13.4. The molecule has 0 saturated heterocycles. The van der Waals surface area contributed by atoms with Gasteiger partial charge in [0.2, 0.25) is 0 Å². The van der Waals surface area contributed by atoms with Crippen molar-refractivity contribution in [1.82, 2.24) is 9.78 Å². The Bertz CT molecular complexity index is 1150. The van der Waals surface area contributed by atoms with Gasteiger partial charge in [-0.15, -0.1) is 0 Å². The summed E-state index contributed by atoms with van der Waals surface area (Å²) in [5, 5.41) is 8.93. The zero-order valence-corrected chi connectivity index (χ0v) is 16.6. The van der Waals surface area contributed by atoms with Crippen LogP contribution in [0.15, 0.2) is 59.7 Å². The van der Waals surface area contributed by atoms with Crippen LogP contribution < -0.4 is 10.2 Å². The van der Waals surface area contributed by atoms with Gasteiger partial charge in [-0.2, -0.15) is 10.2 Å². The Balaban J connectivity index is 1.90. The van der Waals surface area contributed by atoms with Crippen LogP contribution in [0, 0.1) is 6.92 Å². The Morgan fingerprint density at radius 2 is 1.75 bits per heavy atom. The van der Waals surface area contributed by atoms with E-state index in [2.05, 4.69) is 15.6 Å². The van der Waals surface area contributed by atoms with Gasteiger partial charge in [-0.25, -0.2) is 13.1 Å². The highest BCUT2D eigenvalue weighted by atomic mass is 32.2. The van der Waals surface area contributed by atoms with Crippen molar-refractivity contribution < 1.29 is 13.2 Å². The summed E-state index contributed by atoms with van der Waals surface area (Å²) in [6, 6.07) is 16.4. The number of nitrogens with one attached hydrogen (secondary N) is 1. The predicted molar refractivity (Wildman–Crippen MR) is 109 cm³/mol. The molecule has 2 heterocycles. The van der Waals surface area contributed by atoms with E-state index in [1.165, 1.54) is 0 Å². The highest BCUT2D eigenvalue weighted by molar-refractivity contribution is 8.05. The molecule has 0 saturated carbocycles. The second kappa shape index (κ2) is 6.79. The van der Waals surface area contributed by atoms with E-state index in [9.17, 15) is 8.42 Å². The second-order valence-corrected chi connectivity index (χ2v) is 8.59. The van der Waals surface area contributed by atoms with Crippen molar-refractivity contribution in [3.8, 4) is 16.9 Å². The molecule has 1 aliphatic heterocycles. The number of aryl methyl sites for hydroxylation is 1. The minimum Gasteiger partial charge on any atom is -0.497 e. The number of nitrogens with zero attached hydrogens (tertiary/aromatic N) is 3. The lowest BCUT2D eigenvalue weighted by molar-refractivity contribution is 0.415. The number of ether oxygens (including phenoxy) is 1. The number of rotatable bonds is 3. The van der Waals surface area contributed by atoms with Gasteiger partial charge in [-0.1, -0.05) is 42.5 Å². The van der Waals surface area contributed by atoms with Gasteiger partial charge >= 0.3 is 0 Å². The quantitative estimate of drug-likeness (QED) is 0.735. The maximum atomic E-state index is 12.4. The highest BCUT2D eigenvalue weighted by Gasteiger charge is 2.35. The van der Waals surface area contributed by atoms with Crippen molar-refractivity contribution in [3.05, 3.63) is 65.9 Å². The molecule has 1 aliphatic rings. The molecule has 0 aliphatic carbocycles. The smallest absolute Gasteiger partial charge is 0.193 e. The molecule has 144 valence electrons. The Hall–Kier alpha value is -3.13. The molecule has 3 aromatic rings. The molecule has 0 radical (unpaired) electrons. The van der Waals surface area contributed by atoms with Gasteiger partial charge in [0.25, 0.3) is 0 Å². The molecule has 2 aromatic carbocycles. The minimum atomic E-state index is -3.53. The van der Waals surface area contributed by atoms with Gasteiger partial charge < -0.3 is 4.74 Å². The van der Waals surface area contributed by atoms with Gasteiger partial charge in [-0.05, 0) is 30.2 Å². The van der Waals surface area contributed by atoms with Crippen LogP contribution in [0.5, 0.6) is 5.75 Å². The zero-order chi connectivity index (χ0) is 19.9. The maximum absolute atomic E-state index is 12.4. The van der Waals surface area contributed by atoms with Crippen molar-refractivity contribution >= 4 is 20.7 Å². The molecule has 1 unspecified atom stereocenters. The number of benzene rings is 2. The van der Waals surface area contributed by atoms with Crippen LogP contribution in [0.1, 0.15) is 17.3 Å². The number of anilines is 1. The molecule has 1 aromatic heterocycles. The average molecular weight is 396 g/mol. The van der Waals surface area contributed by atoms with Gasteiger partial charge in [0.1, 0.15) is 11.8 Å². The lowest BCUT2D eigenvalue weighted by Crippen LogP contribution is -2.33. The fourth-order valence-corrected chi connectivity index (χ4v) is 4.28. The predicted octanol–water partition coefficient (Wildman–Crippen LogP) is 3.24. The highest BCUT2D eigenvalue weighted by Crippen LogP contribution is 2.38. The summed E-state index contributed by atoms with van der Waals surface area (Å²) in [4.78, 5) is 0. The summed E-state index contributed by atoms with van der Waals surface area (Å²) in [6.07, 6.45) is 1.16. The molecule has 0 amide bonds. The summed E-state index contributed by atoms with van der Waals surface area (Å²) >= 11 is 0. The molecule has 28 heavy (non-hydrogen) atoms. The molecule has 0 bridgehead atoms. The average Bonchev–Trinajstić information content (AvgIpc) is 3.03. The van der Waals surface area contributed by atoms with E-state index in [0.717, 1.165) is 34.4 Å². The summed E-state index contributed by atoms with van der Waals surface area (Å²) in [7, 11) is -1.91. The molecule has 8 heteroatoms. The first-order valence-corrected chi connectivity index (χ1v) is 10.6. The Labute approximate surface area is 163 Å². The minimum absolute atomic E-state index is 0.0370. The third-order valence-electron chi connectivity index (χ3n) is 4.71. The first-order valence-electron chi connectivity index (χ1n) is 8.72. The van der Waals surface area contributed by atoms with E-state index in [-0.39, 0.29) is 5.04 Å². The van der Waals surface area contributed by atoms with Crippen molar-refractivity contribution in [2.24, 2.45) is 5.10 Å². The SMILES string of the molecule is COc1ccc(-c2c(C)nn3c2NN=C(S(C)(=O)=O)C3c2ccccc2)cc1. The maximum Gasteiger partial charge on any atom is 0.193 e. The van der Waals surface area contributed by atoms with Gasteiger partial charge in [0, 0.05) is 11.8 Å². The van der Waals surface area contributed by atoms with Crippen LogP contribution in [0.2, 0.25) is 0 Å². The molecule has 0 spiro atoms. The largest absolute Gasteiger partial charge is 0.497 e. The number of hydrazone groups is 1. The van der Waals surface area contributed by atoms with Crippen LogP contribution in [0.3, 0.4) is 0 Å². The summed E-state index contributed by atoms with van der Waals surface area (Å²) in [5.74, 6) is 1.42. The first kappa shape index (κ1) is 18.2. The van der Waals surface area contributed by atoms with Crippen molar-refractivity contribution in [1.29, 1.82) is 0 Å². The van der Waals surface area contributed by atoms with Gasteiger partial charge in [0.15, 0.2) is 20.7 Å². The third-order valence-corrected chi connectivity index (χ3v) is 5.78. The van der Waals surface area contributed by atoms with Gasteiger partial charge in [0.05, 0.1) is 12.8 Å². The van der Waals surface area contributed by atoms with Crippen molar-refractivity contribution in [2.45, 2.75) is 13.0 Å². The van der Waals surface area contributed by atoms with Crippen molar-refractivity contribution in [3.63, 3.8) is 0 Å². The second-order valence-electron chi connectivity index (χ2n) is 6.63. The summed E-state index contributed by atoms with van der Waals surface area (Å²) in [6.45, 7) is 1.90. The van der Waals surface area contributed by atoms with Crippen LogP contribution in [0.4, 0.5) is 5.82 Å². The third kappa shape index (κ3) is 3.05. The van der Waals surface area contributed by atoms with Crippen LogP contribution in [-0.2, 0) is 9.84 Å². The van der Waals surface area contributed by atoms with E-state index in [1.54, 1.807) is 11.8 Å². The number of fused-ring (bicyclic) bond motifs is 1. The van der Waals surface area contributed by atoms with Gasteiger partial charge in [-0.3, -0.25) is 5.43 Å². The summed E-state index contributed by atoms with van der Waals surface area (Å²) < 4.78 is 31.7. The number of aromatic nitrogens is 2. The Morgan fingerprint density at radius 3 is 2.36 bits per heavy atom. The van der Waals surface area contributed by atoms with E-state index in [4.69, 9.17) is 4.74 Å². The Morgan fingerprint density at radius 1 is 1.07 bits per heavy atom. The molecule has 7 nitrogen and oxygen atoms in total. The monoisotopic (exact) mass is 396 g/mol. The molecular weight excluding hydrogens is 376 g/mol. The van der Waals surface area contributed by atoms with E-state index in [1.807, 2.05) is 61.5 Å². The van der Waals surface area contributed by atoms with E-state index in [0.29, 0.717) is 5.82 Å². The molecular formula is C20H20N4O3S. The lowest BCUT2D eigenvalue weighted by Gasteiger charge is -2.25. The fourth-order valence-electron chi connectivity index (χ4n) is 3.42. The number of methoxy groups -OCH3 is 1. The topological polar surface area (TPSA) is 85.6 Å². The number of hydrogen-bond donors (Lipinski definition) is 1. The fraction of sp³-hybridized carbons (Fsp3) is 0.200. The summed E-state index contributed by atoms with van der Waals surface area (Å²) in [5.41, 5.74) is 6.31. The normalized spacial score (nSPS) is 16.1. The van der Waals surface area contributed by atoms with Crippen molar-refractivity contribution in [2.75, 3.05) is 18.8 Å². The molecule has 0 fully saturated rings. The van der Waals surface area contributed by atoms with Crippen LogP contribution in [-0.4, -0.2) is 36.6 Å². The van der Waals surface area contributed by atoms with E-state index < -0.39 is 15.9 Å². The van der Waals surface area contributed by atoms with Crippen LogP contribution in [0.25, 0.3) is 11.1 Å². The number of hydrogen-bond acceptors (Lipinski definition) is 6. The van der Waals surface area contributed by atoms with Crippen LogP contribution >= 0.6 is 0 Å². The molecule has 4 rings (SSSR count). The Kier molecular flexibility index (Phi) is 4.43. The standard InChI is InChI=1S/C20H20N4O3S/c1-13-17(14-9-11-16(27-2)12-10-14)19-21-22-20(28(3,25)26)18(24(19)23-13)15-7-5-4-6-8-15/h4-12,18,21H,1-3H3. The molecule has 1 atom stereocenters. The molecule has 1 N–H and O–H groups in total. The lowest BCUT2D eigenvalue weighted by atomic mass is 10.0. The van der Waals surface area contributed by atoms with E-state index >= 15 is 0 Å².